The molecule has 0 radical (unpaired) electrons. The van der Waals surface area contributed by atoms with Crippen LogP contribution in [0.2, 0.25) is 0 Å². The van der Waals surface area contributed by atoms with Crippen molar-refractivity contribution in [2.45, 2.75) is 17.0 Å². The minimum Gasteiger partial charge on any atom is -0.495 e. The molecule has 0 aliphatic carbocycles. The van der Waals surface area contributed by atoms with E-state index in [9.17, 15) is 21.6 Å². The number of ether oxygens (including phenoxy) is 2. The molecule has 0 amide bonds. The summed E-state index contributed by atoms with van der Waals surface area (Å²) < 4.78 is 72.1. The van der Waals surface area contributed by atoms with Crippen molar-refractivity contribution in [2.75, 3.05) is 7.11 Å². The molecule has 1 aromatic carbocycles. The van der Waals surface area contributed by atoms with Crippen molar-refractivity contribution < 1.29 is 31.1 Å². The lowest BCUT2D eigenvalue weighted by Crippen LogP contribution is -2.17. The van der Waals surface area contributed by atoms with Crippen LogP contribution in [0.3, 0.4) is 0 Å². The Morgan fingerprint density at radius 3 is 2.52 bits per heavy atom. The maximum atomic E-state index is 12.9. The highest BCUT2D eigenvalue weighted by Crippen LogP contribution is 2.33. The Labute approximate surface area is 164 Å². The third-order valence-corrected chi connectivity index (χ3v) is 5.52. The number of nitrogens with zero attached hydrogens (tertiary/aromatic N) is 2. The molecular formula is C19H15F3N2O4S. The Morgan fingerprint density at radius 2 is 1.86 bits per heavy atom. The first-order valence-electron chi connectivity index (χ1n) is 8.20. The topological polar surface area (TPSA) is 78.4 Å². The zero-order valence-corrected chi connectivity index (χ0v) is 15.9. The summed E-state index contributed by atoms with van der Waals surface area (Å²) >= 11 is 0. The molecule has 2 aromatic heterocycles. The highest BCUT2D eigenvalue weighted by molar-refractivity contribution is 7.90. The van der Waals surface area contributed by atoms with E-state index in [1.54, 1.807) is 30.5 Å². The van der Waals surface area contributed by atoms with Gasteiger partial charge in [0.05, 0.1) is 18.6 Å². The maximum absolute atomic E-state index is 12.9. The van der Waals surface area contributed by atoms with Gasteiger partial charge < -0.3 is 9.47 Å². The number of halogens is 3. The van der Waals surface area contributed by atoms with Crippen molar-refractivity contribution in [3.8, 4) is 22.8 Å². The zero-order chi connectivity index (χ0) is 21.1. The lowest BCUT2D eigenvalue weighted by molar-refractivity contribution is -0.274. The van der Waals surface area contributed by atoms with Crippen molar-refractivity contribution >= 4 is 9.84 Å². The number of pyridine rings is 2. The van der Waals surface area contributed by atoms with Crippen LogP contribution in [0, 0.1) is 0 Å². The van der Waals surface area contributed by atoms with E-state index in [0.29, 0.717) is 16.8 Å². The van der Waals surface area contributed by atoms with Gasteiger partial charge in [-0.3, -0.25) is 9.97 Å². The van der Waals surface area contributed by atoms with E-state index >= 15 is 0 Å². The monoisotopic (exact) mass is 424 g/mol. The average molecular weight is 424 g/mol. The van der Waals surface area contributed by atoms with Gasteiger partial charge in [-0.1, -0.05) is 6.07 Å². The van der Waals surface area contributed by atoms with E-state index in [2.05, 4.69) is 14.7 Å². The largest absolute Gasteiger partial charge is 0.573 e. The van der Waals surface area contributed by atoms with Crippen LogP contribution in [0.5, 0.6) is 11.5 Å². The lowest BCUT2D eigenvalue weighted by Gasteiger charge is -2.13. The molecule has 3 rings (SSSR count). The number of sulfone groups is 1. The van der Waals surface area contributed by atoms with Gasteiger partial charge in [-0.2, -0.15) is 0 Å². The number of aromatic nitrogens is 2. The van der Waals surface area contributed by atoms with E-state index in [4.69, 9.17) is 4.74 Å². The summed E-state index contributed by atoms with van der Waals surface area (Å²) in [6.07, 6.45) is -0.449. The molecule has 0 aliphatic heterocycles. The molecule has 0 fully saturated rings. The second-order valence-corrected chi connectivity index (χ2v) is 7.87. The smallest absolute Gasteiger partial charge is 0.495 e. The minimum atomic E-state index is -4.95. The number of methoxy groups -OCH3 is 1. The first-order valence-corrected chi connectivity index (χ1v) is 9.85. The minimum absolute atomic E-state index is 0.0895. The lowest BCUT2D eigenvalue weighted by atomic mass is 10.1. The normalized spacial score (nSPS) is 11.9. The second-order valence-electron chi connectivity index (χ2n) is 5.92. The number of hydrogen-bond donors (Lipinski definition) is 0. The summed E-state index contributed by atoms with van der Waals surface area (Å²) in [6, 6.07) is 9.75. The summed E-state index contributed by atoms with van der Waals surface area (Å²) in [5.74, 6) is -1.24. The first-order chi connectivity index (χ1) is 13.7. The van der Waals surface area contributed by atoms with Crippen molar-refractivity contribution in [1.82, 2.24) is 9.97 Å². The van der Waals surface area contributed by atoms with E-state index in [1.165, 1.54) is 19.5 Å². The number of hydrogen-bond acceptors (Lipinski definition) is 6. The van der Waals surface area contributed by atoms with Gasteiger partial charge in [-0.25, -0.2) is 8.42 Å². The summed E-state index contributed by atoms with van der Waals surface area (Å²) in [5.41, 5.74) is 1.56. The first kappa shape index (κ1) is 20.6. The molecule has 3 aromatic rings. The number of alkyl halides is 3. The summed E-state index contributed by atoms with van der Waals surface area (Å²) in [5, 5.41) is 0. The van der Waals surface area contributed by atoms with Crippen LogP contribution in [0.15, 0.2) is 66.0 Å². The second kappa shape index (κ2) is 8.08. The fourth-order valence-corrected chi connectivity index (χ4v) is 4.14. The van der Waals surface area contributed by atoms with Gasteiger partial charge in [0.1, 0.15) is 16.4 Å². The molecule has 0 bridgehead atoms. The summed E-state index contributed by atoms with van der Waals surface area (Å²) in [6.45, 7) is 0. The standard InChI is InChI=1S/C19H15F3N2O4S/c1-27-17-6-5-15(28-19(20,21)22)9-18(17)29(25,26)12-13-8-14(11-23-10-13)16-4-2-3-7-24-16/h2-11H,12H2,1H3. The van der Waals surface area contributed by atoms with Gasteiger partial charge in [-0.05, 0) is 35.9 Å². The molecular weight excluding hydrogens is 409 g/mol. The quantitative estimate of drug-likeness (QED) is 0.595. The third-order valence-electron chi connectivity index (χ3n) is 3.82. The van der Waals surface area contributed by atoms with Gasteiger partial charge in [0.15, 0.2) is 9.84 Å². The third kappa shape index (κ3) is 5.23. The van der Waals surface area contributed by atoms with Crippen LogP contribution in [-0.4, -0.2) is 31.9 Å². The van der Waals surface area contributed by atoms with Crippen LogP contribution in [0.4, 0.5) is 13.2 Å². The van der Waals surface area contributed by atoms with Gasteiger partial charge >= 0.3 is 6.36 Å². The van der Waals surface area contributed by atoms with Crippen molar-refractivity contribution in [1.29, 1.82) is 0 Å². The van der Waals surface area contributed by atoms with E-state index in [1.807, 2.05) is 0 Å². The Bertz CT molecular complexity index is 1100. The molecule has 0 N–H and O–H groups in total. The fraction of sp³-hybridized carbons (Fsp3) is 0.158. The Kier molecular flexibility index (Phi) is 5.73. The predicted molar refractivity (Wildman–Crippen MR) is 98.0 cm³/mol. The van der Waals surface area contributed by atoms with Gasteiger partial charge in [0, 0.05) is 30.2 Å². The molecule has 0 spiro atoms. The van der Waals surface area contributed by atoms with Crippen LogP contribution >= 0.6 is 0 Å². The van der Waals surface area contributed by atoms with E-state index < -0.39 is 32.6 Å². The molecule has 0 unspecified atom stereocenters. The van der Waals surface area contributed by atoms with Gasteiger partial charge in [0.2, 0.25) is 0 Å². The average Bonchev–Trinajstić information content (AvgIpc) is 2.67. The van der Waals surface area contributed by atoms with Crippen LogP contribution in [0.1, 0.15) is 5.56 Å². The van der Waals surface area contributed by atoms with Crippen LogP contribution in [0.25, 0.3) is 11.3 Å². The zero-order valence-electron chi connectivity index (χ0n) is 15.1. The predicted octanol–water partition coefficient (Wildman–Crippen LogP) is 4.02. The number of rotatable bonds is 6. The molecule has 10 heteroatoms. The maximum Gasteiger partial charge on any atom is 0.573 e. The van der Waals surface area contributed by atoms with Crippen molar-refractivity contribution in [2.24, 2.45) is 0 Å². The molecule has 29 heavy (non-hydrogen) atoms. The summed E-state index contributed by atoms with van der Waals surface area (Å²) in [7, 11) is -2.84. The van der Waals surface area contributed by atoms with E-state index in [0.717, 1.165) is 18.2 Å². The SMILES string of the molecule is COc1ccc(OC(F)(F)F)cc1S(=O)(=O)Cc1cncc(-c2ccccn2)c1. The molecule has 0 saturated heterocycles. The molecule has 6 nitrogen and oxygen atoms in total. The van der Waals surface area contributed by atoms with Crippen molar-refractivity contribution in [3.05, 3.63) is 66.6 Å². The van der Waals surface area contributed by atoms with Crippen molar-refractivity contribution in [3.63, 3.8) is 0 Å². The van der Waals surface area contributed by atoms with Gasteiger partial charge in [0.25, 0.3) is 0 Å². The highest BCUT2D eigenvalue weighted by Gasteiger charge is 2.32. The molecule has 0 saturated carbocycles. The molecule has 0 aliphatic rings. The number of benzene rings is 1. The molecule has 2 heterocycles. The summed E-state index contributed by atoms with van der Waals surface area (Å²) in [4.78, 5) is 7.81. The highest BCUT2D eigenvalue weighted by atomic mass is 32.2. The van der Waals surface area contributed by atoms with Crippen LogP contribution in [-0.2, 0) is 15.6 Å². The Balaban J connectivity index is 1.95. The fourth-order valence-electron chi connectivity index (χ4n) is 2.63. The molecule has 152 valence electrons. The Morgan fingerprint density at radius 1 is 1.07 bits per heavy atom. The van der Waals surface area contributed by atoms with Crippen LogP contribution < -0.4 is 9.47 Å². The molecule has 0 atom stereocenters. The van der Waals surface area contributed by atoms with Gasteiger partial charge in [-0.15, -0.1) is 13.2 Å². The van der Waals surface area contributed by atoms with E-state index in [-0.39, 0.29) is 5.75 Å². The Hall–Kier alpha value is -3.14.